The second-order valence-corrected chi connectivity index (χ2v) is 3.55. The van der Waals surface area contributed by atoms with Gasteiger partial charge in [0, 0.05) is 25.3 Å². The van der Waals surface area contributed by atoms with Crippen LogP contribution in [0.1, 0.15) is 26.7 Å². The molecule has 0 aromatic heterocycles. The molecule has 0 radical (unpaired) electrons. The molecule has 0 aliphatic rings. The molecular weight excluding hydrogens is 206 g/mol. The number of methoxy groups -OCH3 is 1. The highest BCUT2D eigenvalue weighted by Crippen LogP contribution is 1.93. The maximum absolute atomic E-state index is 11.0. The van der Waals surface area contributed by atoms with Crippen molar-refractivity contribution in [3.8, 4) is 0 Å². The molecule has 0 aliphatic heterocycles. The molecule has 94 valence electrons. The number of hydrogen-bond acceptors (Lipinski definition) is 4. The zero-order valence-electron chi connectivity index (χ0n) is 10.5. The number of nitrogens with one attached hydrogen (secondary N) is 1. The van der Waals surface area contributed by atoms with Crippen molar-refractivity contribution in [3.05, 3.63) is 11.6 Å². The van der Waals surface area contributed by atoms with E-state index in [4.69, 9.17) is 4.74 Å². The number of carbonyl (C=O) groups excluding carboxylic acids is 1. The third-order valence-corrected chi connectivity index (χ3v) is 2.13. The maximum atomic E-state index is 11.0. The molecule has 0 rings (SSSR count). The maximum Gasteiger partial charge on any atom is 0.333 e. The molecule has 4 nitrogen and oxygen atoms in total. The molecular formula is C12H23NO3. The smallest absolute Gasteiger partial charge is 0.333 e. The van der Waals surface area contributed by atoms with E-state index in [2.05, 4.69) is 17.0 Å². The average molecular weight is 229 g/mol. The van der Waals surface area contributed by atoms with Crippen LogP contribution in [-0.2, 0) is 14.3 Å². The lowest BCUT2D eigenvalue weighted by molar-refractivity contribution is -0.136. The zero-order valence-corrected chi connectivity index (χ0v) is 10.5. The standard InChI is InChI=1S/C12H23NO3/c1-4-5-9-16-10-8-13-7-6-11(2)12(14)15-3/h6,13H,4-5,7-10H2,1-3H3/b11-6-. The van der Waals surface area contributed by atoms with Crippen LogP contribution in [0.2, 0.25) is 0 Å². The summed E-state index contributed by atoms with van der Waals surface area (Å²) in [6, 6.07) is 0. The van der Waals surface area contributed by atoms with Crippen molar-refractivity contribution in [2.75, 3.05) is 33.4 Å². The fraction of sp³-hybridized carbons (Fsp3) is 0.750. The molecule has 0 aromatic rings. The van der Waals surface area contributed by atoms with Crippen LogP contribution in [0.15, 0.2) is 11.6 Å². The summed E-state index contributed by atoms with van der Waals surface area (Å²) in [5.41, 5.74) is 0.627. The van der Waals surface area contributed by atoms with E-state index in [0.29, 0.717) is 18.7 Å². The number of esters is 1. The Bertz CT molecular complexity index is 214. The molecule has 0 atom stereocenters. The number of ether oxygens (including phenoxy) is 2. The van der Waals surface area contributed by atoms with Gasteiger partial charge < -0.3 is 14.8 Å². The Labute approximate surface area is 98.0 Å². The Hall–Kier alpha value is -0.870. The highest BCUT2D eigenvalue weighted by atomic mass is 16.5. The fourth-order valence-electron chi connectivity index (χ4n) is 1.06. The molecule has 16 heavy (non-hydrogen) atoms. The first-order chi connectivity index (χ1) is 7.72. The molecule has 1 N–H and O–H groups in total. The summed E-state index contributed by atoms with van der Waals surface area (Å²) < 4.78 is 9.95. The molecule has 0 spiro atoms. The van der Waals surface area contributed by atoms with Gasteiger partial charge >= 0.3 is 5.97 Å². The molecule has 0 bridgehead atoms. The summed E-state index contributed by atoms with van der Waals surface area (Å²) in [4.78, 5) is 11.0. The van der Waals surface area contributed by atoms with Gasteiger partial charge in [0.25, 0.3) is 0 Å². The minimum atomic E-state index is -0.277. The van der Waals surface area contributed by atoms with E-state index in [1.807, 2.05) is 6.08 Å². The molecule has 0 aliphatic carbocycles. The summed E-state index contributed by atoms with van der Waals surface area (Å²) >= 11 is 0. The highest BCUT2D eigenvalue weighted by molar-refractivity contribution is 5.87. The number of rotatable bonds is 9. The van der Waals surface area contributed by atoms with Crippen LogP contribution < -0.4 is 5.32 Å². The van der Waals surface area contributed by atoms with Gasteiger partial charge in [-0.1, -0.05) is 19.4 Å². The van der Waals surface area contributed by atoms with E-state index in [-0.39, 0.29) is 5.97 Å². The van der Waals surface area contributed by atoms with Gasteiger partial charge in [-0.3, -0.25) is 0 Å². The quantitative estimate of drug-likeness (QED) is 0.370. The molecule has 0 saturated carbocycles. The van der Waals surface area contributed by atoms with Crippen molar-refractivity contribution in [2.24, 2.45) is 0 Å². The minimum Gasteiger partial charge on any atom is -0.466 e. The van der Waals surface area contributed by atoms with Gasteiger partial charge in [-0.15, -0.1) is 0 Å². The third-order valence-electron chi connectivity index (χ3n) is 2.13. The van der Waals surface area contributed by atoms with Gasteiger partial charge in [-0.25, -0.2) is 4.79 Å². The summed E-state index contributed by atoms with van der Waals surface area (Å²) in [5, 5.41) is 3.16. The zero-order chi connectivity index (χ0) is 12.2. The van der Waals surface area contributed by atoms with Gasteiger partial charge in [0.2, 0.25) is 0 Å². The van der Waals surface area contributed by atoms with E-state index in [9.17, 15) is 4.79 Å². The Morgan fingerprint density at radius 3 is 2.75 bits per heavy atom. The van der Waals surface area contributed by atoms with Crippen LogP contribution >= 0.6 is 0 Å². The lowest BCUT2D eigenvalue weighted by atomic mass is 10.3. The molecule has 0 saturated heterocycles. The van der Waals surface area contributed by atoms with Gasteiger partial charge in [-0.2, -0.15) is 0 Å². The minimum absolute atomic E-state index is 0.277. The average Bonchev–Trinajstić information content (AvgIpc) is 2.31. The van der Waals surface area contributed by atoms with E-state index in [1.165, 1.54) is 7.11 Å². The van der Waals surface area contributed by atoms with Crippen molar-refractivity contribution < 1.29 is 14.3 Å². The SMILES string of the molecule is CCCCOCCNC/C=C(/C)C(=O)OC. The van der Waals surface area contributed by atoms with Gasteiger partial charge in [-0.05, 0) is 13.3 Å². The van der Waals surface area contributed by atoms with Crippen LogP contribution in [0, 0.1) is 0 Å². The number of hydrogen-bond donors (Lipinski definition) is 1. The largest absolute Gasteiger partial charge is 0.466 e. The Balaban J connectivity index is 3.35. The van der Waals surface area contributed by atoms with Crippen molar-refractivity contribution in [1.29, 1.82) is 0 Å². The Morgan fingerprint density at radius 2 is 2.12 bits per heavy atom. The van der Waals surface area contributed by atoms with Crippen molar-refractivity contribution in [2.45, 2.75) is 26.7 Å². The predicted octanol–water partition coefficient (Wildman–Crippen LogP) is 1.51. The van der Waals surface area contributed by atoms with Crippen molar-refractivity contribution >= 4 is 5.97 Å². The summed E-state index contributed by atoms with van der Waals surface area (Å²) in [7, 11) is 1.38. The molecule has 0 fully saturated rings. The predicted molar refractivity (Wildman–Crippen MR) is 64.4 cm³/mol. The second kappa shape index (κ2) is 10.6. The van der Waals surface area contributed by atoms with E-state index >= 15 is 0 Å². The first kappa shape index (κ1) is 15.1. The normalized spacial score (nSPS) is 11.6. The first-order valence-corrected chi connectivity index (χ1v) is 5.75. The van der Waals surface area contributed by atoms with E-state index in [1.54, 1.807) is 6.92 Å². The van der Waals surface area contributed by atoms with E-state index < -0.39 is 0 Å². The summed E-state index contributed by atoms with van der Waals surface area (Å²) in [6.07, 6.45) is 4.09. The molecule has 0 heterocycles. The van der Waals surface area contributed by atoms with Crippen LogP contribution in [0.5, 0.6) is 0 Å². The molecule has 0 aromatic carbocycles. The highest BCUT2D eigenvalue weighted by Gasteiger charge is 2.00. The van der Waals surface area contributed by atoms with Crippen LogP contribution in [-0.4, -0.2) is 39.4 Å². The topological polar surface area (TPSA) is 47.6 Å². The van der Waals surface area contributed by atoms with Crippen LogP contribution in [0.4, 0.5) is 0 Å². The van der Waals surface area contributed by atoms with Gasteiger partial charge in [0.1, 0.15) is 0 Å². The number of carbonyl (C=O) groups is 1. The molecule has 0 unspecified atom stereocenters. The second-order valence-electron chi connectivity index (χ2n) is 3.55. The van der Waals surface area contributed by atoms with Gasteiger partial charge in [0.15, 0.2) is 0 Å². The first-order valence-electron chi connectivity index (χ1n) is 5.75. The molecule has 0 amide bonds. The van der Waals surface area contributed by atoms with Crippen molar-refractivity contribution in [1.82, 2.24) is 5.32 Å². The monoisotopic (exact) mass is 229 g/mol. The summed E-state index contributed by atoms with van der Waals surface area (Å²) in [5.74, 6) is -0.277. The number of unbranched alkanes of at least 4 members (excludes halogenated alkanes) is 1. The van der Waals surface area contributed by atoms with Crippen LogP contribution in [0.3, 0.4) is 0 Å². The molecule has 4 heteroatoms. The van der Waals surface area contributed by atoms with E-state index in [0.717, 1.165) is 26.0 Å². The third kappa shape index (κ3) is 8.44. The van der Waals surface area contributed by atoms with Crippen LogP contribution in [0.25, 0.3) is 0 Å². The Kier molecular flexibility index (Phi) is 10.1. The Morgan fingerprint density at radius 1 is 1.38 bits per heavy atom. The lowest BCUT2D eigenvalue weighted by Crippen LogP contribution is -2.20. The fourth-order valence-corrected chi connectivity index (χ4v) is 1.06. The van der Waals surface area contributed by atoms with Gasteiger partial charge in [0.05, 0.1) is 13.7 Å². The van der Waals surface area contributed by atoms with Crippen molar-refractivity contribution in [3.63, 3.8) is 0 Å². The summed E-state index contributed by atoms with van der Waals surface area (Å²) in [6.45, 7) is 6.89. The lowest BCUT2D eigenvalue weighted by Gasteiger charge is -2.04.